The standard InChI is InChI=1S/C17H14N2/c1-13-5-4-6-14(11-13)9-10-15-12-18-16-7-2-3-8-17(16)19-15/h2-12H,1H3/b10-9+. The van der Waals surface area contributed by atoms with Crippen LogP contribution in [0.1, 0.15) is 16.8 Å². The first kappa shape index (κ1) is 11.6. The monoisotopic (exact) mass is 246 g/mol. The SMILES string of the molecule is Cc1cccc(/C=C/c2cnc3ccccc3n2)c1. The first-order valence-corrected chi connectivity index (χ1v) is 6.28. The van der Waals surface area contributed by atoms with E-state index in [4.69, 9.17) is 0 Å². The summed E-state index contributed by atoms with van der Waals surface area (Å²) >= 11 is 0. The molecule has 2 heteroatoms. The fourth-order valence-corrected chi connectivity index (χ4v) is 2.01. The number of rotatable bonds is 2. The molecule has 2 aromatic carbocycles. The van der Waals surface area contributed by atoms with Crippen LogP contribution in [0.5, 0.6) is 0 Å². The number of aryl methyl sites for hydroxylation is 1. The van der Waals surface area contributed by atoms with Crippen LogP contribution < -0.4 is 0 Å². The average Bonchev–Trinajstić information content (AvgIpc) is 2.45. The molecule has 2 nitrogen and oxygen atoms in total. The second kappa shape index (κ2) is 5.02. The second-order valence-corrected chi connectivity index (χ2v) is 4.53. The molecular formula is C17H14N2. The highest BCUT2D eigenvalue weighted by molar-refractivity contribution is 5.76. The summed E-state index contributed by atoms with van der Waals surface area (Å²) in [4.78, 5) is 8.96. The number of hydrogen-bond donors (Lipinski definition) is 0. The van der Waals surface area contributed by atoms with E-state index in [0.717, 1.165) is 16.7 Å². The van der Waals surface area contributed by atoms with Crippen LogP contribution in [0.15, 0.2) is 54.7 Å². The molecule has 19 heavy (non-hydrogen) atoms. The van der Waals surface area contributed by atoms with Gasteiger partial charge in [0.25, 0.3) is 0 Å². The summed E-state index contributed by atoms with van der Waals surface area (Å²) in [6, 6.07) is 16.3. The molecule has 0 aliphatic heterocycles. The Morgan fingerprint density at radius 3 is 2.58 bits per heavy atom. The lowest BCUT2D eigenvalue weighted by Gasteiger charge is -1.98. The van der Waals surface area contributed by atoms with E-state index in [1.807, 2.05) is 30.3 Å². The second-order valence-electron chi connectivity index (χ2n) is 4.53. The Morgan fingerprint density at radius 2 is 1.74 bits per heavy atom. The number of nitrogens with zero attached hydrogens (tertiary/aromatic N) is 2. The van der Waals surface area contributed by atoms with Crippen molar-refractivity contribution in [2.24, 2.45) is 0 Å². The molecule has 0 amide bonds. The van der Waals surface area contributed by atoms with Crippen molar-refractivity contribution in [1.29, 1.82) is 0 Å². The molecule has 0 atom stereocenters. The number of hydrogen-bond acceptors (Lipinski definition) is 2. The van der Waals surface area contributed by atoms with E-state index in [9.17, 15) is 0 Å². The van der Waals surface area contributed by atoms with Crippen molar-refractivity contribution < 1.29 is 0 Å². The van der Waals surface area contributed by atoms with Gasteiger partial charge in [-0.25, -0.2) is 4.98 Å². The van der Waals surface area contributed by atoms with Crippen LogP contribution in [0.4, 0.5) is 0 Å². The zero-order chi connectivity index (χ0) is 13.1. The molecular weight excluding hydrogens is 232 g/mol. The molecule has 0 spiro atoms. The fourth-order valence-electron chi connectivity index (χ4n) is 2.01. The van der Waals surface area contributed by atoms with Gasteiger partial charge in [-0.05, 0) is 30.7 Å². The number of aromatic nitrogens is 2. The minimum Gasteiger partial charge on any atom is -0.252 e. The van der Waals surface area contributed by atoms with Crippen molar-refractivity contribution >= 4 is 23.2 Å². The molecule has 0 N–H and O–H groups in total. The van der Waals surface area contributed by atoms with Gasteiger partial charge in [0.2, 0.25) is 0 Å². The van der Waals surface area contributed by atoms with Gasteiger partial charge >= 0.3 is 0 Å². The molecule has 1 aromatic heterocycles. The maximum Gasteiger partial charge on any atom is 0.0894 e. The average molecular weight is 246 g/mol. The molecule has 0 saturated carbocycles. The first-order valence-electron chi connectivity index (χ1n) is 6.28. The summed E-state index contributed by atoms with van der Waals surface area (Å²) in [5.41, 5.74) is 5.16. The highest BCUT2D eigenvalue weighted by Gasteiger charge is 1.96. The smallest absolute Gasteiger partial charge is 0.0894 e. The van der Waals surface area contributed by atoms with Crippen molar-refractivity contribution in [3.05, 3.63) is 71.5 Å². The summed E-state index contributed by atoms with van der Waals surface area (Å²) < 4.78 is 0. The van der Waals surface area contributed by atoms with E-state index in [0.29, 0.717) is 0 Å². The van der Waals surface area contributed by atoms with Gasteiger partial charge in [-0.2, -0.15) is 0 Å². The molecule has 3 rings (SSSR count). The Morgan fingerprint density at radius 1 is 0.895 bits per heavy atom. The predicted octanol–water partition coefficient (Wildman–Crippen LogP) is 4.11. The maximum absolute atomic E-state index is 4.56. The third-order valence-electron chi connectivity index (χ3n) is 2.96. The van der Waals surface area contributed by atoms with Gasteiger partial charge in [0, 0.05) is 0 Å². The summed E-state index contributed by atoms with van der Waals surface area (Å²) in [5.74, 6) is 0. The van der Waals surface area contributed by atoms with Crippen molar-refractivity contribution in [3.63, 3.8) is 0 Å². The van der Waals surface area contributed by atoms with E-state index < -0.39 is 0 Å². The Bertz CT molecular complexity index is 745. The Labute approximate surface area is 112 Å². The normalized spacial score (nSPS) is 11.2. The highest BCUT2D eigenvalue weighted by Crippen LogP contribution is 2.11. The first-order chi connectivity index (χ1) is 9.31. The van der Waals surface area contributed by atoms with Gasteiger partial charge in [-0.15, -0.1) is 0 Å². The topological polar surface area (TPSA) is 25.8 Å². The van der Waals surface area contributed by atoms with E-state index >= 15 is 0 Å². The van der Waals surface area contributed by atoms with E-state index in [-0.39, 0.29) is 0 Å². The third-order valence-corrected chi connectivity index (χ3v) is 2.96. The predicted molar refractivity (Wildman–Crippen MR) is 79.6 cm³/mol. The van der Waals surface area contributed by atoms with Crippen LogP contribution in [-0.2, 0) is 0 Å². The highest BCUT2D eigenvalue weighted by atomic mass is 14.8. The largest absolute Gasteiger partial charge is 0.252 e. The molecule has 0 fully saturated rings. The molecule has 0 saturated heterocycles. The summed E-state index contributed by atoms with van der Waals surface area (Å²) in [6.07, 6.45) is 5.86. The summed E-state index contributed by atoms with van der Waals surface area (Å²) in [5, 5.41) is 0. The van der Waals surface area contributed by atoms with Crippen LogP contribution in [0.2, 0.25) is 0 Å². The quantitative estimate of drug-likeness (QED) is 0.680. The Hall–Kier alpha value is -2.48. The molecule has 0 radical (unpaired) electrons. The Kier molecular flexibility index (Phi) is 3.07. The Balaban J connectivity index is 1.92. The van der Waals surface area contributed by atoms with Gasteiger partial charge in [0.05, 0.1) is 22.9 Å². The summed E-state index contributed by atoms with van der Waals surface area (Å²) in [7, 11) is 0. The van der Waals surface area contributed by atoms with Gasteiger partial charge in [-0.1, -0.05) is 48.0 Å². The van der Waals surface area contributed by atoms with Crippen LogP contribution in [0.3, 0.4) is 0 Å². The summed E-state index contributed by atoms with van der Waals surface area (Å²) in [6.45, 7) is 2.09. The van der Waals surface area contributed by atoms with Crippen LogP contribution in [0, 0.1) is 6.92 Å². The van der Waals surface area contributed by atoms with Crippen LogP contribution >= 0.6 is 0 Å². The van der Waals surface area contributed by atoms with Crippen molar-refractivity contribution in [1.82, 2.24) is 9.97 Å². The van der Waals surface area contributed by atoms with Gasteiger partial charge in [0.1, 0.15) is 0 Å². The minimum atomic E-state index is 0.875. The molecule has 0 bridgehead atoms. The number of fused-ring (bicyclic) bond motifs is 1. The van der Waals surface area contributed by atoms with Crippen LogP contribution in [-0.4, -0.2) is 9.97 Å². The van der Waals surface area contributed by atoms with Gasteiger partial charge in [-0.3, -0.25) is 4.98 Å². The van der Waals surface area contributed by atoms with Crippen molar-refractivity contribution in [2.45, 2.75) is 6.92 Å². The number of para-hydroxylation sites is 2. The van der Waals surface area contributed by atoms with E-state index in [2.05, 4.69) is 47.2 Å². The zero-order valence-corrected chi connectivity index (χ0v) is 10.7. The molecule has 0 aliphatic rings. The molecule has 0 aliphatic carbocycles. The fraction of sp³-hybridized carbons (Fsp3) is 0.0588. The molecule has 3 aromatic rings. The van der Waals surface area contributed by atoms with Gasteiger partial charge in [0.15, 0.2) is 0 Å². The lowest BCUT2D eigenvalue weighted by Crippen LogP contribution is -1.86. The van der Waals surface area contributed by atoms with Gasteiger partial charge < -0.3 is 0 Å². The lowest BCUT2D eigenvalue weighted by atomic mass is 10.1. The molecule has 0 unspecified atom stereocenters. The number of benzene rings is 2. The molecule has 1 heterocycles. The van der Waals surface area contributed by atoms with Crippen molar-refractivity contribution in [2.75, 3.05) is 0 Å². The molecule has 92 valence electrons. The zero-order valence-electron chi connectivity index (χ0n) is 10.7. The van der Waals surface area contributed by atoms with E-state index in [1.54, 1.807) is 6.20 Å². The third kappa shape index (κ3) is 2.68. The minimum absolute atomic E-state index is 0.875. The maximum atomic E-state index is 4.56. The lowest BCUT2D eigenvalue weighted by molar-refractivity contribution is 1.27. The van der Waals surface area contributed by atoms with Crippen LogP contribution in [0.25, 0.3) is 23.2 Å². The van der Waals surface area contributed by atoms with Crippen molar-refractivity contribution in [3.8, 4) is 0 Å². The van der Waals surface area contributed by atoms with E-state index in [1.165, 1.54) is 11.1 Å².